The second kappa shape index (κ2) is 4.55. The molecule has 17 heavy (non-hydrogen) atoms. The van der Waals surface area contributed by atoms with Crippen molar-refractivity contribution in [2.75, 3.05) is 5.32 Å². The molecule has 1 heterocycles. The number of aromatic nitrogens is 1. The molecule has 0 aliphatic heterocycles. The molecule has 0 bridgehead atoms. The first-order valence-electron chi connectivity index (χ1n) is 5.73. The molecule has 0 atom stereocenters. The van der Waals surface area contributed by atoms with Gasteiger partial charge in [-0.1, -0.05) is 0 Å². The van der Waals surface area contributed by atoms with Crippen molar-refractivity contribution in [1.29, 1.82) is 0 Å². The smallest absolute Gasteiger partial charge is 0.246 e. The molecular formula is C11H16ClN3OS. The average molecular weight is 274 g/mol. The van der Waals surface area contributed by atoms with E-state index in [0.29, 0.717) is 11.0 Å². The number of hydrogen-bond donors (Lipinski definition) is 2. The lowest BCUT2D eigenvalue weighted by Crippen LogP contribution is -2.56. The van der Waals surface area contributed by atoms with Crippen molar-refractivity contribution in [3.8, 4) is 0 Å². The molecule has 2 fully saturated rings. The third kappa shape index (κ3) is 2.46. The van der Waals surface area contributed by atoms with Crippen LogP contribution in [-0.4, -0.2) is 16.4 Å². The number of nitrogens with one attached hydrogen (secondary N) is 1. The summed E-state index contributed by atoms with van der Waals surface area (Å²) in [4.78, 5) is 16.3. The van der Waals surface area contributed by atoms with E-state index in [2.05, 4.69) is 10.3 Å². The maximum Gasteiger partial charge on any atom is 0.246 e. The van der Waals surface area contributed by atoms with E-state index in [1.165, 1.54) is 24.2 Å². The monoisotopic (exact) mass is 273 g/mol. The van der Waals surface area contributed by atoms with Gasteiger partial charge in [-0.05, 0) is 32.1 Å². The fourth-order valence-electron chi connectivity index (χ4n) is 1.92. The number of thiazole rings is 1. The van der Waals surface area contributed by atoms with Gasteiger partial charge in [-0.15, -0.1) is 23.7 Å². The predicted octanol–water partition coefficient (Wildman–Crippen LogP) is 2.26. The lowest BCUT2D eigenvalue weighted by Gasteiger charge is -2.35. The van der Waals surface area contributed by atoms with E-state index in [1.54, 1.807) is 0 Å². The predicted molar refractivity (Wildman–Crippen MR) is 70.7 cm³/mol. The van der Waals surface area contributed by atoms with Gasteiger partial charge in [0.15, 0.2) is 5.13 Å². The van der Waals surface area contributed by atoms with Crippen molar-refractivity contribution in [2.45, 2.75) is 43.6 Å². The van der Waals surface area contributed by atoms with Crippen LogP contribution in [0.4, 0.5) is 5.13 Å². The van der Waals surface area contributed by atoms with Crippen LogP contribution in [0, 0.1) is 0 Å². The van der Waals surface area contributed by atoms with E-state index in [1.807, 2.05) is 5.38 Å². The van der Waals surface area contributed by atoms with Gasteiger partial charge in [0.2, 0.25) is 5.91 Å². The van der Waals surface area contributed by atoms with Crippen molar-refractivity contribution in [1.82, 2.24) is 4.98 Å². The van der Waals surface area contributed by atoms with Crippen molar-refractivity contribution in [3.05, 3.63) is 11.1 Å². The van der Waals surface area contributed by atoms with E-state index in [4.69, 9.17) is 5.73 Å². The highest BCUT2D eigenvalue weighted by atomic mass is 35.5. The van der Waals surface area contributed by atoms with Crippen molar-refractivity contribution < 1.29 is 4.79 Å². The van der Waals surface area contributed by atoms with E-state index in [0.717, 1.165) is 25.0 Å². The number of carbonyl (C=O) groups is 1. The normalized spacial score (nSPS) is 21.2. The minimum Gasteiger partial charge on any atom is -0.317 e. The first-order chi connectivity index (χ1) is 7.67. The van der Waals surface area contributed by atoms with Crippen LogP contribution in [0.15, 0.2) is 5.38 Å². The summed E-state index contributed by atoms with van der Waals surface area (Å²) in [7, 11) is 0. The standard InChI is InChI=1S/C11H15N3OS.ClH/c12-11(4-1-5-11)9(15)14-10-13-8(6-16-10)7-2-3-7;/h6-7H,1-5,12H2,(H,13,14,15);1H. The summed E-state index contributed by atoms with van der Waals surface area (Å²) in [5.41, 5.74) is 6.43. The third-order valence-electron chi connectivity index (χ3n) is 3.44. The summed E-state index contributed by atoms with van der Waals surface area (Å²) < 4.78 is 0. The van der Waals surface area contributed by atoms with Crippen molar-refractivity contribution >= 4 is 34.8 Å². The lowest BCUT2D eigenvalue weighted by molar-refractivity contribution is -0.123. The Morgan fingerprint density at radius 3 is 2.76 bits per heavy atom. The van der Waals surface area contributed by atoms with Gasteiger partial charge in [-0.3, -0.25) is 4.79 Å². The molecule has 3 N–H and O–H groups in total. The first kappa shape index (κ1) is 12.8. The Morgan fingerprint density at radius 2 is 2.24 bits per heavy atom. The minimum absolute atomic E-state index is 0. The molecule has 3 rings (SSSR count). The molecule has 0 unspecified atom stereocenters. The Labute approximate surface area is 110 Å². The number of nitrogens with two attached hydrogens (primary N) is 1. The van der Waals surface area contributed by atoms with E-state index >= 15 is 0 Å². The molecule has 0 aromatic carbocycles. The summed E-state index contributed by atoms with van der Waals surface area (Å²) in [5, 5.41) is 5.57. The zero-order valence-electron chi connectivity index (χ0n) is 9.44. The Morgan fingerprint density at radius 1 is 1.53 bits per heavy atom. The van der Waals surface area contributed by atoms with E-state index in [9.17, 15) is 4.79 Å². The zero-order chi connectivity index (χ0) is 11.2. The number of carbonyl (C=O) groups excluding carboxylic acids is 1. The lowest BCUT2D eigenvalue weighted by atomic mass is 9.77. The molecule has 6 heteroatoms. The number of amides is 1. The summed E-state index contributed by atoms with van der Waals surface area (Å²) >= 11 is 1.50. The number of nitrogens with zero attached hydrogens (tertiary/aromatic N) is 1. The first-order valence-corrected chi connectivity index (χ1v) is 6.61. The van der Waals surface area contributed by atoms with Crippen LogP contribution in [0.2, 0.25) is 0 Å². The molecular weight excluding hydrogens is 258 g/mol. The fourth-order valence-corrected chi connectivity index (χ4v) is 2.70. The number of halogens is 1. The summed E-state index contributed by atoms with van der Waals surface area (Å²) in [6.07, 6.45) is 5.10. The molecule has 2 aliphatic carbocycles. The molecule has 2 saturated carbocycles. The summed E-state index contributed by atoms with van der Waals surface area (Å²) in [6, 6.07) is 0. The molecule has 0 saturated heterocycles. The van der Waals surface area contributed by atoms with Crippen molar-refractivity contribution in [2.24, 2.45) is 5.73 Å². The number of anilines is 1. The molecule has 1 amide bonds. The quantitative estimate of drug-likeness (QED) is 0.888. The van der Waals surface area contributed by atoms with Crippen LogP contribution in [0.25, 0.3) is 0 Å². The highest BCUT2D eigenvalue weighted by molar-refractivity contribution is 7.14. The maximum atomic E-state index is 11.8. The molecule has 4 nitrogen and oxygen atoms in total. The Balaban J connectivity index is 0.00000108. The SMILES string of the molecule is Cl.NC1(C(=O)Nc2nc(C3CC3)cs2)CCC1. The zero-order valence-corrected chi connectivity index (χ0v) is 11.1. The molecule has 1 aromatic rings. The van der Waals surface area contributed by atoms with Crippen LogP contribution < -0.4 is 11.1 Å². The second-order valence-electron chi connectivity index (χ2n) is 4.82. The van der Waals surface area contributed by atoms with Crippen molar-refractivity contribution in [3.63, 3.8) is 0 Å². The van der Waals surface area contributed by atoms with Crippen LogP contribution in [0.5, 0.6) is 0 Å². The Bertz CT molecular complexity index is 426. The van der Waals surface area contributed by atoms with Gasteiger partial charge in [-0.2, -0.15) is 0 Å². The van der Waals surface area contributed by atoms with E-state index < -0.39 is 5.54 Å². The van der Waals surface area contributed by atoms with Gasteiger partial charge in [0, 0.05) is 11.3 Å². The van der Waals surface area contributed by atoms with Crippen LogP contribution >= 0.6 is 23.7 Å². The van der Waals surface area contributed by atoms with Gasteiger partial charge in [0.05, 0.1) is 11.2 Å². The number of hydrogen-bond acceptors (Lipinski definition) is 4. The van der Waals surface area contributed by atoms with Crippen LogP contribution in [-0.2, 0) is 4.79 Å². The maximum absolute atomic E-state index is 11.8. The second-order valence-corrected chi connectivity index (χ2v) is 5.67. The highest BCUT2D eigenvalue weighted by Gasteiger charge is 2.40. The van der Waals surface area contributed by atoms with Crippen LogP contribution in [0.1, 0.15) is 43.7 Å². The topological polar surface area (TPSA) is 68.0 Å². The Kier molecular flexibility index (Phi) is 3.43. The Hall–Kier alpha value is -0.650. The molecule has 94 valence electrons. The van der Waals surface area contributed by atoms with Gasteiger partial charge < -0.3 is 11.1 Å². The minimum atomic E-state index is -0.634. The third-order valence-corrected chi connectivity index (χ3v) is 4.21. The fraction of sp³-hybridized carbons (Fsp3) is 0.636. The largest absolute Gasteiger partial charge is 0.317 e. The van der Waals surface area contributed by atoms with Gasteiger partial charge in [0.1, 0.15) is 0 Å². The van der Waals surface area contributed by atoms with Gasteiger partial charge >= 0.3 is 0 Å². The summed E-state index contributed by atoms with van der Waals surface area (Å²) in [5.74, 6) is 0.563. The molecule has 0 radical (unpaired) electrons. The molecule has 1 aromatic heterocycles. The van der Waals surface area contributed by atoms with Gasteiger partial charge in [-0.25, -0.2) is 4.98 Å². The van der Waals surface area contributed by atoms with Gasteiger partial charge in [0.25, 0.3) is 0 Å². The highest BCUT2D eigenvalue weighted by Crippen LogP contribution is 2.41. The van der Waals surface area contributed by atoms with Crippen LogP contribution in [0.3, 0.4) is 0 Å². The molecule has 2 aliphatic rings. The van der Waals surface area contributed by atoms with E-state index in [-0.39, 0.29) is 18.3 Å². The number of rotatable bonds is 3. The average Bonchev–Trinajstić information content (AvgIpc) is 2.97. The molecule has 0 spiro atoms. The summed E-state index contributed by atoms with van der Waals surface area (Å²) in [6.45, 7) is 0.